The van der Waals surface area contributed by atoms with Crippen molar-refractivity contribution in [2.75, 3.05) is 18.0 Å². The summed E-state index contributed by atoms with van der Waals surface area (Å²) in [6, 6.07) is 7.46. The van der Waals surface area contributed by atoms with Crippen molar-refractivity contribution < 1.29 is 9.59 Å². The molecule has 0 bridgehead atoms. The molecule has 0 saturated carbocycles. The summed E-state index contributed by atoms with van der Waals surface area (Å²) in [6.07, 6.45) is 1.64. The summed E-state index contributed by atoms with van der Waals surface area (Å²) in [5.41, 5.74) is 1.89. The molecule has 1 aromatic heterocycles. The molecule has 2 aliphatic heterocycles. The highest BCUT2D eigenvalue weighted by Crippen LogP contribution is 2.33. The number of rotatable bonds is 2. The zero-order valence-electron chi connectivity index (χ0n) is 14.4. The van der Waals surface area contributed by atoms with Gasteiger partial charge in [-0.25, -0.2) is 14.8 Å². The minimum Gasteiger partial charge on any atom is -0.355 e. The van der Waals surface area contributed by atoms with Crippen molar-refractivity contribution in [3.8, 4) is 0 Å². The van der Waals surface area contributed by atoms with Gasteiger partial charge in [0.2, 0.25) is 0 Å². The number of benzene rings is 1. The van der Waals surface area contributed by atoms with E-state index in [9.17, 15) is 9.59 Å². The van der Waals surface area contributed by atoms with E-state index in [4.69, 9.17) is 4.98 Å². The summed E-state index contributed by atoms with van der Waals surface area (Å²) >= 11 is 0. The minimum atomic E-state index is -0.812. The first-order chi connectivity index (χ1) is 12.0. The molecule has 0 aliphatic carbocycles. The number of anilines is 1. The number of fused-ring (bicyclic) bond motifs is 1. The summed E-state index contributed by atoms with van der Waals surface area (Å²) in [5.74, 6) is 0.795. The fourth-order valence-electron chi connectivity index (χ4n) is 3.89. The van der Waals surface area contributed by atoms with Gasteiger partial charge in [0.05, 0.1) is 16.7 Å². The molecule has 7 heteroatoms. The van der Waals surface area contributed by atoms with Gasteiger partial charge in [0.15, 0.2) is 5.82 Å². The lowest BCUT2D eigenvalue weighted by molar-refractivity contribution is -0.125. The van der Waals surface area contributed by atoms with E-state index in [0.29, 0.717) is 0 Å². The maximum atomic E-state index is 12.1. The summed E-state index contributed by atoms with van der Waals surface area (Å²) in [6.45, 7) is 5.37. The minimum absolute atomic E-state index is 0.115. The smallest absolute Gasteiger partial charge is 0.322 e. The first-order valence-electron chi connectivity index (χ1n) is 8.59. The Morgan fingerprint density at radius 1 is 1.12 bits per heavy atom. The van der Waals surface area contributed by atoms with E-state index in [1.54, 1.807) is 0 Å². The fraction of sp³-hybridized carbons (Fsp3) is 0.444. The highest BCUT2D eigenvalue weighted by atomic mass is 16.2. The Morgan fingerprint density at radius 2 is 1.76 bits per heavy atom. The van der Waals surface area contributed by atoms with Gasteiger partial charge in [-0.1, -0.05) is 12.1 Å². The molecule has 2 aromatic rings. The van der Waals surface area contributed by atoms with Crippen molar-refractivity contribution in [2.24, 2.45) is 5.92 Å². The van der Waals surface area contributed by atoms with Crippen molar-refractivity contribution in [2.45, 2.75) is 32.2 Å². The maximum absolute atomic E-state index is 12.1. The third-order valence-electron chi connectivity index (χ3n) is 5.40. The van der Waals surface area contributed by atoms with E-state index < -0.39 is 11.6 Å². The average Bonchev–Trinajstić information content (AvgIpc) is 2.87. The zero-order chi connectivity index (χ0) is 17.6. The lowest BCUT2D eigenvalue weighted by atomic mass is 9.79. The van der Waals surface area contributed by atoms with Crippen LogP contribution in [0.25, 0.3) is 11.0 Å². The Hall–Kier alpha value is -2.70. The summed E-state index contributed by atoms with van der Waals surface area (Å²) in [7, 11) is 0. The zero-order valence-corrected chi connectivity index (χ0v) is 14.4. The van der Waals surface area contributed by atoms with Crippen molar-refractivity contribution >= 4 is 28.8 Å². The molecule has 3 amide bonds. The lowest BCUT2D eigenvalue weighted by Crippen LogP contribution is -2.54. The topological polar surface area (TPSA) is 87.2 Å². The van der Waals surface area contributed by atoms with E-state index in [1.165, 1.54) is 0 Å². The summed E-state index contributed by atoms with van der Waals surface area (Å²) in [5, 5.41) is 5.15. The predicted molar refractivity (Wildman–Crippen MR) is 94.3 cm³/mol. The molecule has 2 aliphatic rings. The van der Waals surface area contributed by atoms with Crippen LogP contribution in [0.5, 0.6) is 0 Å². The molecule has 130 valence electrons. The number of aryl methyl sites for hydroxylation is 1. The first kappa shape index (κ1) is 15.8. The Kier molecular flexibility index (Phi) is 3.59. The largest absolute Gasteiger partial charge is 0.355 e. The quantitative estimate of drug-likeness (QED) is 0.814. The number of imide groups is 1. The third kappa shape index (κ3) is 2.59. The van der Waals surface area contributed by atoms with Crippen molar-refractivity contribution in [3.63, 3.8) is 0 Å². The number of nitrogens with one attached hydrogen (secondary N) is 2. The first-order valence-corrected chi connectivity index (χ1v) is 8.59. The summed E-state index contributed by atoms with van der Waals surface area (Å²) in [4.78, 5) is 35.3. The number of amides is 3. The molecule has 1 aromatic carbocycles. The van der Waals surface area contributed by atoms with E-state index in [2.05, 4.69) is 20.5 Å². The van der Waals surface area contributed by atoms with Crippen molar-refractivity contribution in [1.29, 1.82) is 0 Å². The number of carbonyl (C=O) groups excluding carboxylic acids is 2. The predicted octanol–water partition coefficient (Wildman–Crippen LogP) is 1.75. The number of carbonyl (C=O) groups is 2. The number of aromatic nitrogens is 2. The number of nitrogens with zero attached hydrogens (tertiary/aromatic N) is 3. The van der Waals surface area contributed by atoms with Gasteiger partial charge in [0.1, 0.15) is 5.54 Å². The van der Waals surface area contributed by atoms with Crippen LogP contribution in [0.2, 0.25) is 0 Å². The molecule has 3 heterocycles. The number of hydrogen-bond acceptors (Lipinski definition) is 5. The molecular weight excluding hydrogens is 318 g/mol. The van der Waals surface area contributed by atoms with Gasteiger partial charge in [0.25, 0.3) is 5.91 Å². The average molecular weight is 339 g/mol. The second-order valence-electron chi connectivity index (χ2n) is 6.99. The molecule has 4 rings (SSSR count). The third-order valence-corrected chi connectivity index (χ3v) is 5.40. The van der Waals surface area contributed by atoms with Crippen LogP contribution in [-0.2, 0) is 4.79 Å². The molecular formula is C18H21N5O2. The van der Waals surface area contributed by atoms with Crippen LogP contribution in [0.1, 0.15) is 25.5 Å². The Morgan fingerprint density at radius 3 is 2.36 bits per heavy atom. The van der Waals surface area contributed by atoms with Gasteiger partial charge in [0, 0.05) is 13.1 Å². The molecule has 0 radical (unpaired) electrons. The van der Waals surface area contributed by atoms with Crippen LogP contribution in [0, 0.1) is 12.8 Å². The van der Waals surface area contributed by atoms with Crippen LogP contribution in [0.4, 0.5) is 10.6 Å². The van der Waals surface area contributed by atoms with Crippen molar-refractivity contribution in [1.82, 2.24) is 20.6 Å². The summed E-state index contributed by atoms with van der Waals surface area (Å²) < 4.78 is 0. The van der Waals surface area contributed by atoms with Gasteiger partial charge >= 0.3 is 6.03 Å². The number of piperidine rings is 1. The van der Waals surface area contributed by atoms with E-state index in [-0.39, 0.29) is 11.8 Å². The Labute approximate surface area is 145 Å². The molecule has 2 fully saturated rings. The molecule has 2 saturated heterocycles. The van der Waals surface area contributed by atoms with Crippen LogP contribution < -0.4 is 15.5 Å². The monoisotopic (exact) mass is 339 g/mol. The van der Waals surface area contributed by atoms with Crippen LogP contribution in [-0.4, -0.2) is 40.5 Å². The van der Waals surface area contributed by atoms with Gasteiger partial charge in [-0.2, -0.15) is 0 Å². The molecule has 0 spiro atoms. The highest BCUT2D eigenvalue weighted by Gasteiger charge is 2.48. The SMILES string of the molecule is Cc1nc2ccccc2nc1N1CCC(C2(C)NC(=O)NC2=O)CC1. The number of para-hydroxylation sites is 2. The molecule has 25 heavy (non-hydrogen) atoms. The van der Waals surface area contributed by atoms with Crippen LogP contribution in [0.3, 0.4) is 0 Å². The van der Waals surface area contributed by atoms with Crippen LogP contribution >= 0.6 is 0 Å². The molecule has 7 nitrogen and oxygen atoms in total. The standard InChI is InChI=1S/C18H21N5O2/c1-11-15(20-14-6-4-3-5-13(14)19-11)23-9-7-12(8-10-23)18(2)16(24)21-17(25)22-18/h3-6,12H,7-10H2,1-2H3,(H2,21,22,24,25). The van der Waals surface area contributed by atoms with Gasteiger partial charge < -0.3 is 10.2 Å². The van der Waals surface area contributed by atoms with E-state index in [1.807, 2.05) is 38.1 Å². The maximum Gasteiger partial charge on any atom is 0.322 e. The lowest BCUT2D eigenvalue weighted by Gasteiger charge is -2.39. The number of urea groups is 1. The second kappa shape index (κ2) is 5.68. The molecule has 2 N–H and O–H groups in total. The normalized spacial score (nSPS) is 24.5. The Balaban J connectivity index is 1.53. The molecule has 1 atom stereocenters. The van der Waals surface area contributed by atoms with Crippen LogP contribution in [0.15, 0.2) is 24.3 Å². The highest BCUT2D eigenvalue weighted by molar-refractivity contribution is 6.07. The fourth-order valence-corrected chi connectivity index (χ4v) is 3.89. The van der Waals surface area contributed by atoms with E-state index >= 15 is 0 Å². The Bertz CT molecular complexity index is 860. The van der Waals surface area contributed by atoms with Gasteiger partial charge in [-0.15, -0.1) is 0 Å². The second-order valence-corrected chi connectivity index (χ2v) is 6.99. The van der Waals surface area contributed by atoms with Crippen molar-refractivity contribution in [3.05, 3.63) is 30.0 Å². The van der Waals surface area contributed by atoms with Gasteiger partial charge in [-0.3, -0.25) is 10.1 Å². The van der Waals surface area contributed by atoms with E-state index in [0.717, 1.165) is 48.5 Å². The molecule has 1 unspecified atom stereocenters. The van der Waals surface area contributed by atoms with Gasteiger partial charge in [-0.05, 0) is 44.7 Å². The number of hydrogen-bond donors (Lipinski definition) is 2.